The second-order valence-corrected chi connectivity index (χ2v) is 5.00. The van der Waals surface area contributed by atoms with Crippen LogP contribution in [0.2, 0.25) is 0 Å². The zero-order valence-electron chi connectivity index (χ0n) is 11.0. The fraction of sp³-hybridized carbons (Fsp3) is 0.500. The average molecular weight is 287 g/mol. The van der Waals surface area contributed by atoms with Crippen molar-refractivity contribution >= 4 is 18.3 Å². The maximum absolute atomic E-state index is 13.5. The predicted molar refractivity (Wildman–Crippen MR) is 75.7 cm³/mol. The molecule has 1 aliphatic rings. The number of nitrogens with two attached hydrogens (primary N) is 1. The van der Waals surface area contributed by atoms with Crippen LogP contribution in [0.5, 0.6) is 0 Å². The van der Waals surface area contributed by atoms with Gasteiger partial charge in [0.05, 0.1) is 6.42 Å². The Bertz CT molecular complexity index is 441. The summed E-state index contributed by atoms with van der Waals surface area (Å²) in [7, 11) is 0. The minimum Gasteiger partial charge on any atom is -0.339 e. The van der Waals surface area contributed by atoms with Crippen molar-refractivity contribution in [2.24, 2.45) is 11.7 Å². The zero-order valence-corrected chi connectivity index (χ0v) is 11.8. The van der Waals surface area contributed by atoms with Crippen LogP contribution in [0, 0.1) is 11.7 Å². The normalized spacial score (nSPS) is 22.2. The maximum atomic E-state index is 13.5. The third-order valence-electron chi connectivity index (χ3n) is 3.61. The number of amides is 1. The molecule has 0 bridgehead atoms. The fourth-order valence-corrected chi connectivity index (χ4v) is 2.57. The summed E-state index contributed by atoms with van der Waals surface area (Å²) in [5.41, 5.74) is 6.10. The van der Waals surface area contributed by atoms with Gasteiger partial charge in [-0.2, -0.15) is 0 Å². The summed E-state index contributed by atoms with van der Waals surface area (Å²) < 4.78 is 13.5. The summed E-state index contributed by atoms with van der Waals surface area (Å²) in [5, 5.41) is 0. The van der Waals surface area contributed by atoms with Gasteiger partial charge in [-0.15, -0.1) is 12.4 Å². The molecule has 1 amide bonds. The molecule has 1 aliphatic heterocycles. The fourth-order valence-electron chi connectivity index (χ4n) is 2.57. The van der Waals surface area contributed by atoms with E-state index < -0.39 is 0 Å². The second kappa shape index (κ2) is 6.87. The lowest BCUT2D eigenvalue weighted by Gasteiger charge is -2.21. The maximum Gasteiger partial charge on any atom is 0.227 e. The van der Waals surface area contributed by atoms with Gasteiger partial charge in [-0.25, -0.2) is 4.39 Å². The lowest BCUT2D eigenvalue weighted by Crippen LogP contribution is -2.35. The van der Waals surface area contributed by atoms with Gasteiger partial charge in [0.2, 0.25) is 5.91 Å². The van der Waals surface area contributed by atoms with Crippen molar-refractivity contribution in [1.82, 2.24) is 4.90 Å². The molecule has 1 heterocycles. The summed E-state index contributed by atoms with van der Waals surface area (Å²) in [6.07, 6.45) is 1.08. The Hall–Kier alpha value is -1.13. The molecule has 106 valence electrons. The van der Waals surface area contributed by atoms with Crippen LogP contribution in [-0.2, 0) is 11.2 Å². The highest BCUT2D eigenvalue weighted by atomic mass is 35.5. The Morgan fingerprint density at radius 3 is 2.74 bits per heavy atom. The number of halogens is 2. The topological polar surface area (TPSA) is 46.3 Å². The van der Waals surface area contributed by atoms with Crippen molar-refractivity contribution < 1.29 is 9.18 Å². The summed E-state index contributed by atoms with van der Waals surface area (Å²) in [6.45, 7) is 3.33. The zero-order chi connectivity index (χ0) is 13.1. The van der Waals surface area contributed by atoms with Gasteiger partial charge >= 0.3 is 0 Å². The lowest BCUT2D eigenvalue weighted by molar-refractivity contribution is -0.131. The van der Waals surface area contributed by atoms with Crippen LogP contribution in [0.1, 0.15) is 18.9 Å². The molecule has 1 aromatic rings. The number of nitrogens with zero attached hydrogens (tertiary/aromatic N) is 1. The quantitative estimate of drug-likeness (QED) is 0.924. The molecule has 5 heteroatoms. The van der Waals surface area contributed by atoms with E-state index in [-0.39, 0.29) is 36.6 Å². The molecule has 3 nitrogen and oxygen atoms in total. The number of benzene rings is 1. The van der Waals surface area contributed by atoms with Crippen LogP contribution in [0.4, 0.5) is 4.39 Å². The van der Waals surface area contributed by atoms with Crippen molar-refractivity contribution in [3.63, 3.8) is 0 Å². The average Bonchev–Trinajstić information content (AvgIpc) is 2.73. The smallest absolute Gasteiger partial charge is 0.227 e. The van der Waals surface area contributed by atoms with Crippen LogP contribution in [-0.4, -0.2) is 29.9 Å². The number of hydrogen-bond acceptors (Lipinski definition) is 2. The van der Waals surface area contributed by atoms with E-state index in [9.17, 15) is 9.18 Å². The SMILES string of the molecule is CC1CC(CN)CN1C(=O)Cc1ccccc1F.Cl. The van der Waals surface area contributed by atoms with Crippen LogP contribution in [0.25, 0.3) is 0 Å². The predicted octanol–water partition coefficient (Wildman–Crippen LogP) is 1.99. The highest BCUT2D eigenvalue weighted by Gasteiger charge is 2.31. The van der Waals surface area contributed by atoms with Crippen molar-refractivity contribution in [2.45, 2.75) is 25.8 Å². The third-order valence-corrected chi connectivity index (χ3v) is 3.61. The van der Waals surface area contributed by atoms with Crippen LogP contribution >= 0.6 is 12.4 Å². The number of carbonyl (C=O) groups is 1. The van der Waals surface area contributed by atoms with Crippen LogP contribution in [0.3, 0.4) is 0 Å². The van der Waals surface area contributed by atoms with E-state index in [0.29, 0.717) is 24.6 Å². The molecule has 1 aromatic carbocycles. The number of carbonyl (C=O) groups excluding carboxylic acids is 1. The molecule has 1 fully saturated rings. The van der Waals surface area contributed by atoms with E-state index in [1.807, 2.05) is 11.8 Å². The van der Waals surface area contributed by atoms with Gasteiger partial charge in [0.15, 0.2) is 0 Å². The Balaban J connectivity index is 0.00000180. The highest BCUT2D eigenvalue weighted by Crippen LogP contribution is 2.23. The summed E-state index contributed by atoms with van der Waals surface area (Å²) >= 11 is 0. The van der Waals surface area contributed by atoms with Gasteiger partial charge in [0.1, 0.15) is 5.82 Å². The molecule has 0 aliphatic carbocycles. The van der Waals surface area contributed by atoms with Gasteiger partial charge < -0.3 is 10.6 Å². The minimum absolute atomic E-state index is 0. The molecule has 0 radical (unpaired) electrons. The van der Waals surface area contributed by atoms with Crippen LogP contribution in [0.15, 0.2) is 24.3 Å². The molecular weight excluding hydrogens is 267 g/mol. The largest absolute Gasteiger partial charge is 0.339 e. The molecule has 0 saturated carbocycles. The molecule has 19 heavy (non-hydrogen) atoms. The van der Waals surface area contributed by atoms with E-state index in [0.717, 1.165) is 6.42 Å². The van der Waals surface area contributed by atoms with Gasteiger partial charge in [-0.05, 0) is 37.4 Å². The van der Waals surface area contributed by atoms with E-state index in [1.54, 1.807) is 18.2 Å². The van der Waals surface area contributed by atoms with Gasteiger partial charge in [-0.1, -0.05) is 18.2 Å². The Morgan fingerprint density at radius 2 is 2.16 bits per heavy atom. The van der Waals surface area contributed by atoms with E-state index >= 15 is 0 Å². The second-order valence-electron chi connectivity index (χ2n) is 5.00. The molecule has 2 rings (SSSR count). The first-order chi connectivity index (χ1) is 8.61. The number of rotatable bonds is 3. The molecule has 0 spiro atoms. The lowest BCUT2D eigenvalue weighted by atomic mass is 10.1. The van der Waals surface area contributed by atoms with Crippen molar-refractivity contribution in [3.05, 3.63) is 35.6 Å². The molecular formula is C14H20ClFN2O. The number of likely N-dealkylation sites (tertiary alicyclic amines) is 1. The summed E-state index contributed by atoms with van der Waals surface area (Å²) in [6, 6.07) is 6.64. The Kier molecular flexibility index (Phi) is 5.76. The first-order valence-electron chi connectivity index (χ1n) is 6.34. The number of hydrogen-bond donors (Lipinski definition) is 1. The standard InChI is InChI=1S/C14H19FN2O.ClH/c1-10-6-11(8-16)9-17(10)14(18)7-12-4-2-3-5-13(12)15;/h2-5,10-11H,6-9,16H2,1H3;1H. The molecule has 0 aromatic heterocycles. The Morgan fingerprint density at radius 1 is 1.47 bits per heavy atom. The minimum atomic E-state index is -0.312. The van der Waals surface area contributed by atoms with E-state index in [4.69, 9.17) is 5.73 Å². The van der Waals surface area contributed by atoms with Gasteiger partial charge in [0, 0.05) is 12.6 Å². The van der Waals surface area contributed by atoms with Crippen molar-refractivity contribution in [3.8, 4) is 0 Å². The van der Waals surface area contributed by atoms with E-state index in [1.165, 1.54) is 6.07 Å². The Labute approximate surface area is 119 Å². The monoisotopic (exact) mass is 286 g/mol. The first-order valence-corrected chi connectivity index (χ1v) is 6.34. The van der Waals surface area contributed by atoms with Gasteiger partial charge in [0.25, 0.3) is 0 Å². The summed E-state index contributed by atoms with van der Waals surface area (Å²) in [5.74, 6) is 0.0567. The third kappa shape index (κ3) is 3.67. The summed E-state index contributed by atoms with van der Waals surface area (Å²) in [4.78, 5) is 14.0. The van der Waals surface area contributed by atoms with Crippen LogP contribution < -0.4 is 5.73 Å². The molecule has 1 saturated heterocycles. The highest BCUT2D eigenvalue weighted by molar-refractivity contribution is 5.85. The first kappa shape index (κ1) is 15.9. The van der Waals surface area contributed by atoms with Crippen molar-refractivity contribution in [1.29, 1.82) is 0 Å². The molecule has 2 N–H and O–H groups in total. The van der Waals surface area contributed by atoms with Gasteiger partial charge in [-0.3, -0.25) is 4.79 Å². The van der Waals surface area contributed by atoms with E-state index in [2.05, 4.69) is 0 Å². The van der Waals surface area contributed by atoms with Crippen molar-refractivity contribution in [2.75, 3.05) is 13.1 Å². The molecule has 2 unspecified atom stereocenters. The molecule has 2 atom stereocenters.